The Morgan fingerprint density at radius 2 is 1.79 bits per heavy atom. The van der Waals surface area contributed by atoms with Crippen molar-refractivity contribution in [2.24, 2.45) is 0 Å². The van der Waals surface area contributed by atoms with Crippen molar-refractivity contribution in [3.05, 3.63) is 77.1 Å². The third-order valence-electron chi connectivity index (χ3n) is 4.27. The van der Waals surface area contributed by atoms with E-state index in [1.165, 1.54) is 0 Å². The van der Waals surface area contributed by atoms with Gasteiger partial charge in [-0.2, -0.15) is 0 Å². The lowest BCUT2D eigenvalue weighted by Crippen LogP contribution is -2.24. The number of anilines is 1. The molecular weight excluding hydrogens is 356 g/mol. The molecule has 0 bridgehead atoms. The lowest BCUT2D eigenvalue weighted by atomic mass is 10.2. The molecule has 4 rings (SSSR count). The van der Waals surface area contributed by atoms with Crippen LogP contribution in [0.25, 0.3) is 0 Å². The maximum atomic E-state index is 12.5. The minimum Gasteiger partial charge on any atom is -0.454 e. The number of hydrogen-bond acceptors (Lipinski definition) is 6. The molecule has 0 unspecified atom stereocenters. The van der Waals surface area contributed by atoms with Gasteiger partial charge in [-0.15, -0.1) is 0 Å². The van der Waals surface area contributed by atoms with Gasteiger partial charge in [-0.25, -0.2) is 9.97 Å². The summed E-state index contributed by atoms with van der Waals surface area (Å²) in [6, 6.07) is 17.2. The third kappa shape index (κ3) is 4.20. The fourth-order valence-electron chi connectivity index (χ4n) is 2.86. The first-order valence-electron chi connectivity index (χ1n) is 8.97. The van der Waals surface area contributed by atoms with Crippen molar-refractivity contribution in [3.63, 3.8) is 0 Å². The van der Waals surface area contributed by atoms with Gasteiger partial charge >= 0.3 is 0 Å². The van der Waals surface area contributed by atoms with Gasteiger partial charge in [0.1, 0.15) is 5.69 Å². The first kappa shape index (κ1) is 17.8. The SMILES string of the molecule is Cc1cc(C(=O)NCc2ccc3c(c2)OCO3)nc(NCc2ccccc2)n1. The third-order valence-corrected chi connectivity index (χ3v) is 4.27. The molecule has 0 fully saturated rings. The zero-order valence-electron chi connectivity index (χ0n) is 15.4. The average molecular weight is 376 g/mol. The predicted octanol–water partition coefficient (Wildman–Crippen LogP) is 3.06. The van der Waals surface area contributed by atoms with Gasteiger partial charge in [0.25, 0.3) is 5.91 Å². The number of amides is 1. The maximum absolute atomic E-state index is 12.5. The van der Waals surface area contributed by atoms with Crippen molar-refractivity contribution in [3.8, 4) is 11.5 Å². The van der Waals surface area contributed by atoms with Crippen LogP contribution in [0.4, 0.5) is 5.95 Å². The standard InChI is InChI=1S/C21H20N4O3/c1-14-9-17(25-21(24-14)23-11-15-5-3-2-4-6-15)20(26)22-12-16-7-8-18-19(10-16)28-13-27-18/h2-10H,11-13H2,1H3,(H,22,26)(H,23,24,25). The van der Waals surface area contributed by atoms with Crippen LogP contribution in [-0.2, 0) is 13.1 Å². The highest BCUT2D eigenvalue weighted by molar-refractivity contribution is 5.92. The summed E-state index contributed by atoms with van der Waals surface area (Å²) in [6.07, 6.45) is 0. The van der Waals surface area contributed by atoms with E-state index in [1.807, 2.05) is 55.5 Å². The minimum atomic E-state index is -0.258. The summed E-state index contributed by atoms with van der Waals surface area (Å²) in [7, 11) is 0. The highest BCUT2D eigenvalue weighted by Crippen LogP contribution is 2.32. The molecule has 28 heavy (non-hydrogen) atoms. The zero-order valence-corrected chi connectivity index (χ0v) is 15.4. The molecule has 0 radical (unpaired) electrons. The minimum absolute atomic E-state index is 0.226. The van der Waals surface area contributed by atoms with E-state index >= 15 is 0 Å². The van der Waals surface area contributed by atoms with Crippen LogP contribution >= 0.6 is 0 Å². The quantitative estimate of drug-likeness (QED) is 0.688. The van der Waals surface area contributed by atoms with E-state index in [-0.39, 0.29) is 12.7 Å². The molecule has 2 N–H and O–H groups in total. The number of rotatable bonds is 6. The summed E-state index contributed by atoms with van der Waals surface area (Å²) in [4.78, 5) is 21.2. The van der Waals surface area contributed by atoms with Crippen molar-refractivity contribution in [1.82, 2.24) is 15.3 Å². The van der Waals surface area contributed by atoms with E-state index in [1.54, 1.807) is 6.07 Å². The van der Waals surface area contributed by atoms with E-state index in [2.05, 4.69) is 20.6 Å². The fraction of sp³-hybridized carbons (Fsp3) is 0.190. The zero-order chi connectivity index (χ0) is 19.3. The van der Waals surface area contributed by atoms with Gasteiger partial charge in [-0.3, -0.25) is 4.79 Å². The lowest BCUT2D eigenvalue weighted by Gasteiger charge is -2.09. The molecule has 1 aliphatic rings. The van der Waals surface area contributed by atoms with Gasteiger partial charge in [0.15, 0.2) is 11.5 Å². The van der Waals surface area contributed by atoms with Crippen LogP contribution in [0.15, 0.2) is 54.6 Å². The van der Waals surface area contributed by atoms with Crippen molar-refractivity contribution < 1.29 is 14.3 Å². The number of hydrogen-bond donors (Lipinski definition) is 2. The summed E-state index contributed by atoms with van der Waals surface area (Å²) >= 11 is 0. The van der Waals surface area contributed by atoms with E-state index < -0.39 is 0 Å². The molecule has 2 heterocycles. The Morgan fingerprint density at radius 3 is 2.64 bits per heavy atom. The van der Waals surface area contributed by atoms with Crippen LogP contribution < -0.4 is 20.1 Å². The Labute approximate surface area is 162 Å². The van der Waals surface area contributed by atoms with E-state index in [9.17, 15) is 4.79 Å². The molecule has 0 aliphatic carbocycles. The largest absolute Gasteiger partial charge is 0.454 e. The Hall–Kier alpha value is -3.61. The van der Waals surface area contributed by atoms with Crippen LogP contribution in [0, 0.1) is 6.92 Å². The second-order valence-corrected chi connectivity index (χ2v) is 6.43. The van der Waals surface area contributed by atoms with Crippen molar-refractivity contribution in [1.29, 1.82) is 0 Å². The van der Waals surface area contributed by atoms with Gasteiger partial charge in [0, 0.05) is 18.8 Å². The molecule has 1 aliphatic heterocycles. The molecule has 142 valence electrons. The summed E-state index contributed by atoms with van der Waals surface area (Å²) in [5.74, 6) is 1.58. The number of carbonyl (C=O) groups excluding carboxylic acids is 1. The van der Waals surface area contributed by atoms with Crippen LogP contribution in [-0.4, -0.2) is 22.7 Å². The van der Waals surface area contributed by atoms with Crippen molar-refractivity contribution in [2.75, 3.05) is 12.1 Å². The van der Waals surface area contributed by atoms with E-state index in [4.69, 9.17) is 9.47 Å². The van der Waals surface area contributed by atoms with Crippen molar-refractivity contribution >= 4 is 11.9 Å². The van der Waals surface area contributed by atoms with Crippen LogP contribution in [0.5, 0.6) is 11.5 Å². The molecule has 0 saturated heterocycles. The molecule has 1 amide bonds. The first-order valence-corrected chi connectivity index (χ1v) is 8.97. The molecule has 0 atom stereocenters. The Kier molecular flexibility index (Phi) is 5.05. The number of nitrogens with one attached hydrogen (secondary N) is 2. The molecule has 7 nitrogen and oxygen atoms in total. The molecule has 2 aromatic carbocycles. The summed E-state index contributed by atoms with van der Waals surface area (Å²) < 4.78 is 10.7. The molecule has 1 aromatic heterocycles. The molecular formula is C21H20N4O3. The van der Waals surface area contributed by atoms with Crippen LogP contribution in [0.3, 0.4) is 0 Å². The molecule has 7 heteroatoms. The Balaban J connectivity index is 1.40. The normalized spacial score (nSPS) is 11.9. The first-order chi connectivity index (χ1) is 13.7. The highest BCUT2D eigenvalue weighted by Gasteiger charge is 2.14. The maximum Gasteiger partial charge on any atom is 0.270 e. The summed E-state index contributed by atoms with van der Waals surface area (Å²) in [6.45, 7) is 3.02. The van der Waals surface area contributed by atoms with Gasteiger partial charge in [-0.05, 0) is 36.2 Å². The van der Waals surface area contributed by atoms with Crippen LogP contribution in [0.1, 0.15) is 27.3 Å². The van der Waals surface area contributed by atoms with Crippen LogP contribution in [0.2, 0.25) is 0 Å². The number of nitrogens with zero attached hydrogens (tertiary/aromatic N) is 2. The van der Waals surface area contributed by atoms with Gasteiger partial charge in [0.05, 0.1) is 0 Å². The lowest BCUT2D eigenvalue weighted by molar-refractivity contribution is 0.0945. The second kappa shape index (κ2) is 7.96. The Morgan fingerprint density at radius 1 is 0.964 bits per heavy atom. The average Bonchev–Trinajstić information content (AvgIpc) is 3.19. The Bertz CT molecular complexity index is 992. The predicted molar refractivity (Wildman–Crippen MR) is 104 cm³/mol. The number of benzene rings is 2. The number of fused-ring (bicyclic) bond motifs is 1. The van der Waals surface area contributed by atoms with E-state index in [0.717, 1.165) is 22.6 Å². The van der Waals surface area contributed by atoms with Crippen molar-refractivity contribution in [2.45, 2.75) is 20.0 Å². The molecule has 3 aromatic rings. The monoisotopic (exact) mass is 376 g/mol. The number of carbonyl (C=O) groups is 1. The summed E-state index contributed by atoms with van der Waals surface area (Å²) in [5, 5.41) is 6.05. The fourth-order valence-corrected chi connectivity index (χ4v) is 2.86. The number of ether oxygens (including phenoxy) is 2. The van der Waals surface area contributed by atoms with Gasteiger partial charge in [-0.1, -0.05) is 36.4 Å². The molecule has 0 spiro atoms. The number of aromatic nitrogens is 2. The smallest absolute Gasteiger partial charge is 0.270 e. The topological polar surface area (TPSA) is 85.4 Å². The van der Waals surface area contributed by atoms with Gasteiger partial charge in [0.2, 0.25) is 12.7 Å². The number of aryl methyl sites for hydroxylation is 1. The second-order valence-electron chi connectivity index (χ2n) is 6.43. The molecule has 0 saturated carbocycles. The van der Waals surface area contributed by atoms with Gasteiger partial charge < -0.3 is 20.1 Å². The highest BCUT2D eigenvalue weighted by atomic mass is 16.7. The van der Waals surface area contributed by atoms with E-state index in [0.29, 0.717) is 30.5 Å². The summed E-state index contributed by atoms with van der Waals surface area (Å²) in [5.41, 5.74) is 3.08.